The molecule has 0 aliphatic heterocycles. The molecule has 0 bridgehead atoms. The molecule has 2 N–H and O–H groups in total. The number of methoxy groups -OCH3 is 1. The fourth-order valence-electron chi connectivity index (χ4n) is 2.45. The first-order valence-corrected chi connectivity index (χ1v) is 9.10. The van der Waals surface area contributed by atoms with Crippen molar-refractivity contribution in [1.29, 1.82) is 0 Å². The molecule has 0 heterocycles. The number of aliphatic imine (C=N–C) groups is 1. The van der Waals surface area contributed by atoms with Crippen molar-refractivity contribution < 1.29 is 4.74 Å². The molecule has 0 atom stereocenters. The molecule has 5 nitrogen and oxygen atoms in total. The number of ether oxygens (including phenoxy) is 1. The van der Waals surface area contributed by atoms with E-state index in [1.807, 2.05) is 12.1 Å². The van der Waals surface area contributed by atoms with Crippen LogP contribution >= 0.6 is 24.0 Å². The number of nitrogens with one attached hydrogen (secondary N) is 2. The number of benzene rings is 1. The maximum atomic E-state index is 5.18. The molecule has 6 heteroatoms. The molecule has 0 spiro atoms. The molecule has 0 aliphatic rings. The molecule has 0 saturated carbocycles. The molecular weight excluding hydrogens is 427 g/mol. The van der Waals surface area contributed by atoms with Gasteiger partial charge in [-0.1, -0.05) is 26.0 Å². The minimum atomic E-state index is 0. The number of hydrogen-bond acceptors (Lipinski definition) is 3. The lowest BCUT2D eigenvalue weighted by molar-refractivity contribution is 0.297. The Morgan fingerprint density at radius 1 is 1.04 bits per heavy atom. The van der Waals surface area contributed by atoms with Crippen LogP contribution in [0.15, 0.2) is 29.3 Å². The molecule has 0 aromatic heterocycles. The fourth-order valence-corrected chi connectivity index (χ4v) is 2.45. The molecule has 0 saturated heterocycles. The number of halogens is 1. The number of guanidine groups is 1. The van der Waals surface area contributed by atoms with Crippen LogP contribution in [0.5, 0.6) is 5.75 Å². The predicted octanol–water partition coefficient (Wildman–Crippen LogP) is 3.49. The average Bonchev–Trinajstić information content (AvgIpc) is 2.63. The zero-order valence-electron chi connectivity index (χ0n) is 16.2. The Hall–Kier alpha value is -1.02. The number of nitrogens with zero attached hydrogens (tertiary/aromatic N) is 2. The Labute approximate surface area is 170 Å². The first-order valence-electron chi connectivity index (χ1n) is 9.10. The van der Waals surface area contributed by atoms with E-state index in [-0.39, 0.29) is 24.0 Å². The van der Waals surface area contributed by atoms with Crippen molar-refractivity contribution in [2.24, 2.45) is 4.99 Å². The Morgan fingerprint density at radius 3 is 2.28 bits per heavy atom. The average molecular weight is 462 g/mol. The molecule has 0 unspecified atom stereocenters. The first-order chi connectivity index (χ1) is 11.7. The maximum Gasteiger partial charge on any atom is 0.191 e. The summed E-state index contributed by atoms with van der Waals surface area (Å²) in [6.45, 7) is 12.5. The van der Waals surface area contributed by atoms with E-state index in [0.29, 0.717) is 6.54 Å². The van der Waals surface area contributed by atoms with Crippen LogP contribution in [-0.4, -0.2) is 50.7 Å². The Balaban J connectivity index is 0.00000576. The predicted molar refractivity (Wildman–Crippen MR) is 118 cm³/mol. The van der Waals surface area contributed by atoms with Crippen LogP contribution in [0.2, 0.25) is 0 Å². The number of unbranched alkanes of at least 4 members (excludes halogenated alkanes) is 1. The van der Waals surface area contributed by atoms with Gasteiger partial charge in [0.15, 0.2) is 5.96 Å². The van der Waals surface area contributed by atoms with E-state index in [9.17, 15) is 0 Å². The lowest BCUT2D eigenvalue weighted by Gasteiger charge is -2.18. The van der Waals surface area contributed by atoms with Gasteiger partial charge in [0.2, 0.25) is 0 Å². The molecule has 0 fully saturated rings. The normalized spacial score (nSPS) is 11.2. The highest BCUT2D eigenvalue weighted by Gasteiger charge is 2.00. The molecule has 144 valence electrons. The van der Waals surface area contributed by atoms with Gasteiger partial charge in [-0.15, -0.1) is 24.0 Å². The first kappa shape index (κ1) is 24.0. The van der Waals surface area contributed by atoms with Gasteiger partial charge in [0.1, 0.15) is 5.75 Å². The van der Waals surface area contributed by atoms with E-state index >= 15 is 0 Å². The second kappa shape index (κ2) is 15.3. The molecule has 0 radical (unpaired) electrons. The summed E-state index contributed by atoms with van der Waals surface area (Å²) in [5.74, 6) is 1.76. The molecule has 25 heavy (non-hydrogen) atoms. The van der Waals surface area contributed by atoms with Crippen LogP contribution in [-0.2, 0) is 6.54 Å². The van der Waals surface area contributed by atoms with Gasteiger partial charge in [0.05, 0.1) is 13.7 Å². The topological polar surface area (TPSA) is 48.9 Å². The summed E-state index contributed by atoms with van der Waals surface area (Å²) in [5.41, 5.74) is 1.18. The SMILES string of the molecule is CCNC(=NCc1ccc(OC)cc1)NCCCCN(CC)CC.I. The highest BCUT2D eigenvalue weighted by molar-refractivity contribution is 14.0. The van der Waals surface area contributed by atoms with Crippen molar-refractivity contribution >= 4 is 29.9 Å². The fraction of sp³-hybridized carbons (Fsp3) is 0.632. The van der Waals surface area contributed by atoms with Crippen LogP contribution in [0, 0.1) is 0 Å². The van der Waals surface area contributed by atoms with Crippen molar-refractivity contribution in [3.8, 4) is 5.75 Å². The van der Waals surface area contributed by atoms with Crippen molar-refractivity contribution in [2.45, 2.75) is 40.2 Å². The van der Waals surface area contributed by atoms with Gasteiger partial charge in [0.25, 0.3) is 0 Å². The third kappa shape index (κ3) is 10.5. The van der Waals surface area contributed by atoms with Crippen molar-refractivity contribution in [2.75, 3.05) is 39.8 Å². The largest absolute Gasteiger partial charge is 0.497 e. The summed E-state index contributed by atoms with van der Waals surface area (Å²) in [6.07, 6.45) is 2.37. The van der Waals surface area contributed by atoms with Crippen LogP contribution < -0.4 is 15.4 Å². The van der Waals surface area contributed by atoms with E-state index in [4.69, 9.17) is 4.74 Å². The van der Waals surface area contributed by atoms with Gasteiger partial charge in [0, 0.05) is 13.1 Å². The van der Waals surface area contributed by atoms with Gasteiger partial charge in [-0.05, 0) is 57.1 Å². The standard InChI is InChI=1S/C19H34N4O.HI/c1-5-20-19(21-14-8-9-15-23(6-2)7-3)22-16-17-10-12-18(24-4)13-11-17;/h10-13H,5-9,14-16H2,1-4H3,(H2,20,21,22);1H. The summed E-state index contributed by atoms with van der Waals surface area (Å²) < 4.78 is 5.18. The van der Waals surface area contributed by atoms with Crippen molar-refractivity contribution in [1.82, 2.24) is 15.5 Å². The molecule has 0 aliphatic carbocycles. The van der Waals surface area contributed by atoms with E-state index in [1.54, 1.807) is 7.11 Å². The number of rotatable bonds is 11. The highest BCUT2D eigenvalue weighted by atomic mass is 127. The second-order valence-corrected chi connectivity index (χ2v) is 5.70. The lowest BCUT2D eigenvalue weighted by Crippen LogP contribution is -2.38. The summed E-state index contributed by atoms with van der Waals surface area (Å²) >= 11 is 0. The lowest BCUT2D eigenvalue weighted by atomic mass is 10.2. The second-order valence-electron chi connectivity index (χ2n) is 5.70. The third-order valence-electron chi connectivity index (χ3n) is 4.01. The van der Waals surface area contributed by atoms with Crippen molar-refractivity contribution in [3.63, 3.8) is 0 Å². The van der Waals surface area contributed by atoms with Crippen LogP contribution in [0.3, 0.4) is 0 Å². The third-order valence-corrected chi connectivity index (χ3v) is 4.01. The van der Waals surface area contributed by atoms with Gasteiger partial charge in [-0.2, -0.15) is 0 Å². The summed E-state index contributed by atoms with van der Waals surface area (Å²) in [7, 11) is 1.68. The zero-order chi connectivity index (χ0) is 17.6. The molecular formula is C19H35IN4O. The van der Waals surface area contributed by atoms with Crippen LogP contribution in [0.1, 0.15) is 39.2 Å². The molecule has 0 amide bonds. The van der Waals surface area contributed by atoms with Gasteiger partial charge >= 0.3 is 0 Å². The van der Waals surface area contributed by atoms with E-state index in [0.717, 1.165) is 44.3 Å². The summed E-state index contributed by atoms with van der Waals surface area (Å²) in [5, 5.41) is 6.72. The monoisotopic (exact) mass is 462 g/mol. The van der Waals surface area contributed by atoms with Crippen LogP contribution in [0.25, 0.3) is 0 Å². The van der Waals surface area contributed by atoms with Crippen molar-refractivity contribution in [3.05, 3.63) is 29.8 Å². The Bertz CT molecular complexity index is 461. The molecule has 1 aromatic rings. The molecule has 1 rings (SSSR count). The van der Waals surface area contributed by atoms with Gasteiger partial charge in [-0.25, -0.2) is 4.99 Å². The van der Waals surface area contributed by atoms with E-state index in [2.05, 4.69) is 53.4 Å². The minimum Gasteiger partial charge on any atom is -0.497 e. The van der Waals surface area contributed by atoms with Gasteiger partial charge < -0.3 is 20.3 Å². The van der Waals surface area contributed by atoms with Gasteiger partial charge in [-0.3, -0.25) is 0 Å². The smallest absolute Gasteiger partial charge is 0.191 e. The van der Waals surface area contributed by atoms with E-state index in [1.165, 1.54) is 18.5 Å². The Kier molecular flexibility index (Phi) is 14.6. The highest BCUT2D eigenvalue weighted by Crippen LogP contribution is 2.11. The zero-order valence-corrected chi connectivity index (χ0v) is 18.5. The summed E-state index contributed by atoms with van der Waals surface area (Å²) in [4.78, 5) is 7.11. The quantitative estimate of drug-likeness (QED) is 0.229. The Morgan fingerprint density at radius 2 is 1.72 bits per heavy atom. The van der Waals surface area contributed by atoms with Crippen LogP contribution in [0.4, 0.5) is 0 Å². The van der Waals surface area contributed by atoms with E-state index < -0.39 is 0 Å². The summed E-state index contributed by atoms with van der Waals surface area (Å²) in [6, 6.07) is 8.04. The minimum absolute atomic E-state index is 0. The number of hydrogen-bond donors (Lipinski definition) is 2. The molecule has 1 aromatic carbocycles. The maximum absolute atomic E-state index is 5.18.